The molecule has 0 fully saturated rings. The molecule has 67 valence electrons. The van der Waals surface area contributed by atoms with Crippen molar-refractivity contribution in [2.45, 2.75) is 25.7 Å². The predicted octanol–water partition coefficient (Wildman–Crippen LogP) is 1.59. The molecule has 0 aliphatic rings. The van der Waals surface area contributed by atoms with E-state index in [1.54, 1.807) is 0 Å². The van der Waals surface area contributed by atoms with E-state index in [0.717, 1.165) is 32.3 Å². The van der Waals surface area contributed by atoms with Crippen LogP contribution in [-0.4, -0.2) is 16.7 Å². The van der Waals surface area contributed by atoms with Crippen LogP contribution in [0.25, 0.3) is 0 Å². The number of aryl methyl sites for hydroxylation is 1. The van der Waals surface area contributed by atoms with Gasteiger partial charge >= 0.3 is 0 Å². The summed E-state index contributed by atoms with van der Waals surface area (Å²) in [6, 6.07) is 0. The Morgan fingerprint density at radius 2 is 2.33 bits per heavy atom. The molecule has 0 N–H and O–H groups in total. The molecule has 0 saturated heterocycles. The molecule has 0 aliphatic heterocycles. The van der Waals surface area contributed by atoms with Gasteiger partial charge in [0.1, 0.15) is 0 Å². The minimum Gasteiger partial charge on any atom is -0.379 e. The van der Waals surface area contributed by atoms with Gasteiger partial charge in [0.2, 0.25) is 5.89 Å². The maximum absolute atomic E-state index is 4.84. The highest BCUT2D eigenvalue weighted by Gasteiger charge is 1.97. The van der Waals surface area contributed by atoms with E-state index >= 15 is 0 Å². The van der Waals surface area contributed by atoms with Crippen LogP contribution in [0.4, 0.5) is 0 Å². The van der Waals surface area contributed by atoms with Crippen molar-refractivity contribution in [3.05, 3.63) is 19.3 Å². The van der Waals surface area contributed by atoms with Crippen LogP contribution < -0.4 is 0 Å². The lowest BCUT2D eigenvalue weighted by molar-refractivity contribution is 0.233. The summed E-state index contributed by atoms with van der Waals surface area (Å²) in [5.41, 5.74) is 0. The molecule has 12 heavy (non-hydrogen) atoms. The molecule has 0 saturated carbocycles. The number of hydrogen-bond donors (Lipinski definition) is 0. The molecular formula is C8H13N2O2. The topological polar surface area (TPSA) is 48.2 Å². The molecule has 4 nitrogen and oxygen atoms in total. The molecule has 0 aromatic carbocycles. The van der Waals surface area contributed by atoms with Crippen molar-refractivity contribution < 1.29 is 9.26 Å². The zero-order valence-corrected chi connectivity index (χ0v) is 7.03. The summed E-state index contributed by atoms with van der Waals surface area (Å²) in [7, 11) is 3.29. The first-order valence-electron chi connectivity index (χ1n) is 4.06. The van der Waals surface area contributed by atoms with Crippen molar-refractivity contribution in [1.82, 2.24) is 10.1 Å². The van der Waals surface area contributed by atoms with Crippen molar-refractivity contribution in [3.8, 4) is 0 Å². The molecule has 1 aromatic heterocycles. The number of unbranched alkanes of at least 4 members (excludes halogenated alkanes) is 2. The molecule has 0 spiro atoms. The van der Waals surface area contributed by atoms with Crippen LogP contribution in [0.2, 0.25) is 0 Å². The van der Waals surface area contributed by atoms with Crippen LogP contribution in [0.5, 0.6) is 0 Å². The second kappa shape index (κ2) is 5.71. The highest BCUT2D eigenvalue weighted by molar-refractivity contribution is 4.73. The minimum atomic E-state index is 0.713. The van der Waals surface area contributed by atoms with Crippen LogP contribution in [0.1, 0.15) is 25.2 Å². The first-order chi connectivity index (χ1) is 5.93. The summed E-state index contributed by atoms with van der Waals surface area (Å²) in [6.07, 6.45) is 5.49. The van der Waals surface area contributed by atoms with Gasteiger partial charge in [-0.1, -0.05) is 11.6 Å². The maximum atomic E-state index is 4.84. The van der Waals surface area contributed by atoms with Gasteiger partial charge in [-0.15, -0.1) is 0 Å². The standard InChI is InChI=1S/C8H13N2O2/c1-11-6-4-2-3-5-8-9-7-10-12-8/h7H,1-6H2. The van der Waals surface area contributed by atoms with Gasteiger partial charge in [0.05, 0.1) is 7.11 Å². The van der Waals surface area contributed by atoms with Crippen molar-refractivity contribution >= 4 is 0 Å². The quantitative estimate of drug-likeness (QED) is 0.607. The fourth-order valence-corrected chi connectivity index (χ4v) is 0.963. The van der Waals surface area contributed by atoms with Gasteiger partial charge in [-0.25, -0.2) is 0 Å². The Morgan fingerprint density at radius 3 is 3.00 bits per heavy atom. The van der Waals surface area contributed by atoms with Crippen LogP contribution in [-0.2, 0) is 11.2 Å². The monoisotopic (exact) mass is 169 g/mol. The van der Waals surface area contributed by atoms with Crippen molar-refractivity contribution in [2.75, 3.05) is 6.61 Å². The lowest BCUT2D eigenvalue weighted by atomic mass is 10.2. The van der Waals surface area contributed by atoms with Gasteiger partial charge in [0.25, 0.3) is 0 Å². The van der Waals surface area contributed by atoms with Crippen LogP contribution in [0.15, 0.2) is 10.9 Å². The second-order valence-corrected chi connectivity index (χ2v) is 2.55. The first-order valence-corrected chi connectivity index (χ1v) is 4.06. The van der Waals surface area contributed by atoms with Gasteiger partial charge in [-0.3, -0.25) is 0 Å². The molecule has 0 unspecified atom stereocenters. The van der Waals surface area contributed by atoms with E-state index in [-0.39, 0.29) is 0 Å². The highest BCUT2D eigenvalue weighted by atomic mass is 16.5. The zero-order valence-electron chi connectivity index (χ0n) is 7.03. The first kappa shape index (κ1) is 9.19. The van der Waals surface area contributed by atoms with Crippen LogP contribution in [0.3, 0.4) is 0 Å². The summed E-state index contributed by atoms with van der Waals surface area (Å²) >= 11 is 0. The Kier molecular flexibility index (Phi) is 4.37. The Balaban J connectivity index is 1.96. The lowest BCUT2D eigenvalue weighted by Gasteiger charge is -1.96. The van der Waals surface area contributed by atoms with Gasteiger partial charge in [0.15, 0.2) is 6.33 Å². The molecule has 1 heterocycles. The van der Waals surface area contributed by atoms with E-state index < -0.39 is 0 Å². The van der Waals surface area contributed by atoms with Gasteiger partial charge < -0.3 is 9.26 Å². The molecule has 0 amide bonds. The average molecular weight is 169 g/mol. The van der Waals surface area contributed by atoms with Gasteiger partial charge in [-0.2, -0.15) is 4.98 Å². The Labute approximate surface area is 71.9 Å². The molecule has 4 heteroatoms. The Bertz CT molecular complexity index is 187. The Hall–Kier alpha value is -0.900. The minimum absolute atomic E-state index is 0.713. The highest BCUT2D eigenvalue weighted by Crippen LogP contribution is 2.02. The molecule has 0 bridgehead atoms. The summed E-state index contributed by atoms with van der Waals surface area (Å²) in [5, 5.41) is 3.52. The van der Waals surface area contributed by atoms with E-state index in [9.17, 15) is 0 Å². The van der Waals surface area contributed by atoms with E-state index in [1.165, 1.54) is 6.33 Å². The molecule has 1 radical (unpaired) electrons. The lowest BCUT2D eigenvalue weighted by Crippen LogP contribution is -1.89. The number of nitrogens with zero attached hydrogens (tertiary/aromatic N) is 2. The third-order valence-electron chi connectivity index (χ3n) is 1.59. The van der Waals surface area contributed by atoms with E-state index in [1.807, 2.05) is 0 Å². The fourth-order valence-electron chi connectivity index (χ4n) is 0.963. The van der Waals surface area contributed by atoms with E-state index in [2.05, 4.69) is 22.0 Å². The SMILES string of the molecule is [CH2]OCCCCCc1ncno1. The zero-order chi connectivity index (χ0) is 8.65. The van der Waals surface area contributed by atoms with Gasteiger partial charge in [-0.05, 0) is 12.8 Å². The second-order valence-electron chi connectivity index (χ2n) is 2.55. The molecule has 0 aliphatic carbocycles. The summed E-state index contributed by atoms with van der Waals surface area (Å²) in [5.74, 6) is 0.713. The molecule has 1 aromatic rings. The average Bonchev–Trinajstić information content (AvgIpc) is 2.57. The molecular weight excluding hydrogens is 156 g/mol. The normalized spacial score (nSPS) is 10.4. The van der Waals surface area contributed by atoms with Crippen molar-refractivity contribution in [2.24, 2.45) is 0 Å². The predicted molar refractivity (Wildman–Crippen MR) is 43.2 cm³/mol. The number of rotatable bonds is 6. The summed E-state index contributed by atoms with van der Waals surface area (Å²) < 4.78 is 9.51. The third kappa shape index (κ3) is 3.48. The number of aromatic nitrogens is 2. The van der Waals surface area contributed by atoms with E-state index in [4.69, 9.17) is 4.52 Å². The summed E-state index contributed by atoms with van der Waals surface area (Å²) in [6.45, 7) is 0.726. The number of ether oxygens (including phenoxy) is 1. The third-order valence-corrected chi connectivity index (χ3v) is 1.59. The van der Waals surface area contributed by atoms with Crippen LogP contribution in [0, 0.1) is 7.11 Å². The summed E-state index contributed by atoms with van der Waals surface area (Å²) in [4.78, 5) is 3.91. The number of hydrogen-bond acceptors (Lipinski definition) is 4. The fraction of sp³-hybridized carbons (Fsp3) is 0.625. The van der Waals surface area contributed by atoms with Crippen molar-refractivity contribution in [3.63, 3.8) is 0 Å². The molecule has 1 rings (SSSR count). The smallest absolute Gasteiger partial charge is 0.226 e. The van der Waals surface area contributed by atoms with Crippen LogP contribution >= 0.6 is 0 Å². The van der Waals surface area contributed by atoms with Gasteiger partial charge in [0, 0.05) is 13.0 Å². The Morgan fingerprint density at radius 1 is 1.42 bits per heavy atom. The molecule has 0 atom stereocenters. The van der Waals surface area contributed by atoms with E-state index in [0.29, 0.717) is 5.89 Å². The largest absolute Gasteiger partial charge is 0.379 e. The maximum Gasteiger partial charge on any atom is 0.226 e. The van der Waals surface area contributed by atoms with Crippen molar-refractivity contribution in [1.29, 1.82) is 0 Å².